The molecule has 1 aliphatic rings. The molecule has 0 bridgehead atoms. The molecule has 0 aromatic rings. The lowest BCUT2D eigenvalue weighted by Gasteiger charge is -2.32. The van der Waals surface area contributed by atoms with Gasteiger partial charge in [-0.3, -0.25) is 9.59 Å². The topological polar surface area (TPSA) is 98.7 Å². The van der Waals surface area contributed by atoms with Crippen LogP contribution in [0.1, 0.15) is 40.0 Å². The molecule has 0 aromatic carbocycles. The molecule has 0 radical (unpaired) electrons. The highest BCUT2D eigenvalue weighted by Gasteiger charge is 2.29. The second-order valence-corrected chi connectivity index (χ2v) is 6.37. The van der Waals surface area contributed by atoms with E-state index < -0.39 is 12.0 Å². The van der Waals surface area contributed by atoms with Gasteiger partial charge in [0.2, 0.25) is 5.91 Å². The normalized spacial score (nSPS) is 19.6. The van der Waals surface area contributed by atoms with Crippen LogP contribution in [-0.2, 0) is 9.59 Å². The number of aliphatic carboxylic acids is 1. The van der Waals surface area contributed by atoms with Gasteiger partial charge >= 0.3 is 12.0 Å². The summed E-state index contributed by atoms with van der Waals surface area (Å²) in [7, 11) is 0. The fourth-order valence-electron chi connectivity index (χ4n) is 2.45. The summed E-state index contributed by atoms with van der Waals surface area (Å²) < 4.78 is 0. The molecule has 1 aliphatic heterocycles. The van der Waals surface area contributed by atoms with Gasteiger partial charge in [0.25, 0.3) is 0 Å². The van der Waals surface area contributed by atoms with Gasteiger partial charge in [-0.05, 0) is 25.7 Å². The highest BCUT2D eigenvalue weighted by Crippen LogP contribution is 2.17. The predicted octanol–water partition coefficient (Wildman–Crippen LogP) is 1.04. The molecule has 0 saturated carbocycles. The quantitative estimate of drug-likeness (QED) is 0.682. The van der Waals surface area contributed by atoms with Crippen molar-refractivity contribution in [1.82, 2.24) is 15.5 Å². The monoisotopic (exact) mass is 313 g/mol. The molecule has 1 heterocycles. The fraction of sp³-hybridized carbons (Fsp3) is 0.800. The van der Waals surface area contributed by atoms with E-state index in [-0.39, 0.29) is 24.3 Å². The highest BCUT2D eigenvalue weighted by molar-refractivity contribution is 5.81. The molecule has 1 rings (SSSR count). The summed E-state index contributed by atoms with van der Waals surface area (Å²) in [6, 6.07) is -0.542. The van der Waals surface area contributed by atoms with Crippen LogP contribution in [0.5, 0.6) is 0 Å². The maximum atomic E-state index is 12.2. The first kappa shape index (κ1) is 18.3. The molecule has 126 valence electrons. The zero-order chi connectivity index (χ0) is 16.7. The third-order valence-electron chi connectivity index (χ3n) is 3.61. The van der Waals surface area contributed by atoms with Crippen molar-refractivity contribution in [2.75, 3.05) is 19.6 Å². The van der Waals surface area contributed by atoms with Crippen LogP contribution in [0.3, 0.4) is 0 Å². The van der Waals surface area contributed by atoms with E-state index >= 15 is 0 Å². The number of piperidine rings is 1. The number of urea groups is 1. The number of carbonyl (C=O) groups is 3. The van der Waals surface area contributed by atoms with Gasteiger partial charge in [-0.25, -0.2) is 4.79 Å². The Morgan fingerprint density at radius 2 is 1.95 bits per heavy atom. The van der Waals surface area contributed by atoms with Crippen LogP contribution in [0.4, 0.5) is 4.79 Å². The predicted molar refractivity (Wildman–Crippen MR) is 82.4 cm³/mol. The van der Waals surface area contributed by atoms with Crippen molar-refractivity contribution in [2.45, 2.75) is 46.1 Å². The zero-order valence-electron chi connectivity index (χ0n) is 13.6. The molecule has 22 heavy (non-hydrogen) atoms. The maximum Gasteiger partial charge on any atom is 0.317 e. The Kier molecular flexibility index (Phi) is 7.14. The van der Waals surface area contributed by atoms with Gasteiger partial charge in [0.15, 0.2) is 0 Å². The van der Waals surface area contributed by atoms with Gasteiger partial charge in [-0.2, -0.15) is 0 Å². The van der Waals surface area contributed by atoms with E-state index in [0.717, 1.165) is 12.8 Å². The lowest BCUT2D eigenvalue weighted by molar-refractivity contribution is -0.137. The van der Waals surface area contributed by atoms with Crippen molar-refractivity contribution in [2.24, 2.45) is 11.8 Å². The zero-order valence-corrected chi connectivity index (χ0v) is 13.6. The van der Waals surface area contributed by atoms with E-state index in [9.17, 15) is 14.4 Å². The number of carboxylic acids is 1. The molecule has 0 aliphatic carbocycles. The van der Waals surface area contributed by atoms with E-state index in [2.05, 4.69) is 10.6 Å². The van der Waals surface area contributed by atoms with E-state index in [0.29, 0.717) is 25.6 Å². The van der Waals surface area contributed by atoms with Crippen molar-refractivity contribution >= 4 is 17.9 Å². The van der Waals surface area contributed by atoms with Crippen LogP contribution in [0.15, 0.2) is 0 Å². The third-order valence-corrected chi connectivity index (χ3v) is 3.61. The van der Waals surface area contributed by atoms with Gasteiger partial charge in [-0.1, -0.05) is 13.8 Å². The SMILES string of the molecule is CC(C)CNC(=O)N1CCCC(C(=O)NC(C)CC(=O)O)C1. The van der Waals surface area contributed by atoms with Crippen molar-refractivity contribution in [1.29, 1.82) is 0 Å². The number of nitrogens with one attached hydrogen (secondary N) is 2. The largest absolute Gasteiger partial charge is 0.481 e. The number of carbonyl (C=O) groups excluding carboxylic acids is 2. The number of likely N-dealkylation sites (tertiary alicyclic amines) is 1. The van der Waals surface area contributed by atoms with Gasteiger partial charge in [0, 0.05) is 25.7 Å². The second-order valence-electron chi connectivity index (χ2n) is 6.37. The van der Waals surface area contributed by atoms with Gasteiger partial charge in [0.05, 0.1) is 12.3 Å². The summed E-state index contributed by atoms with van der Waals surface area (Å²) in [5, 5.41) is 14.3. The minimum atomic E-state index is -0.939. The van der Waals surface area contributed by atoms with Gasteiger partial charge in [-0.15, -0.1) is 0 Å². The Labute approximate surface area is 131 Å². The van der Waals surface area contributed by atoms with Crippen LogP contribution in [-0.4, -0.2) is 53.6 Å². The lowest BCUT2D eigenvalue weighted by atomic mass is 9.97. The molecule has 7 nitrogen and oxygen atoms in total. The Morgan fingerprint density at radius 3 is 2.55 bits per heavy atom. The molecule has 0 spiro atoms. The summed E-state index contributed by atoms with van der Waals surface area (Å²) in [5.74, 6) is -0.999. The Balaban J connectivity index is 2.46. The Bertz CT molecular complexity index is 412. The highest BCUT2D eigenvalue weighted by atomic mass is 16.4. The molecule has 1 fully saturated rings. The fourth-order valence-corrected chi connectivity index (χ4v) is 2.45. The minimum Gasteiger partial charge on any atom is -0.481 e. The number of carboxylic acid groups (broad SMARTS) is 1. The first-order valence-electron chi connectivity index (χ1n) is 7.84. The molecule has 3 amide bonds. The van der Waals surface area contributed by atoms with Crippen molar-refractivity contribution in [3.63, 3.8) is 0 Å². The Hall–Kier alpha value is -1.79. The number of rotatable bonds is 6. The van der Waals surface area contributed by atoms with Crippen molar-refractivity contribution in [3.8, 4) is 0 Å². The average Bonchev–Trinajstić information content (AvgIpc) is 2.43. The lowest BCUT2D eigenvalue weighted by Crippen LogP contribution is -2.50. The van der Waals surface area contributed by atoms with E-state index in [1.54, 1.807) is 11.8 Å². The standard InChI is InChI=1S/C15H27N3O4/c1-10(2)8-16-15(22)18-6-4-5-12(9-18)14(21)17-11(3)7-13(19)20/h10-12H,4-9H2,1-3H3,(H,16,22)(H,17,21)(H,19,20). The molecule has 1 saturated heterocycles. The van der Waals surface area contributed by atoms with E-state index in [4.69, 9.17) is 5.11 Å². The summed E-state index contributed by atoms with van der Waals surface area (Å²) in [6.45, 7) is 7.37. The van der Waals surface area contributed by atoms with Crippen molar-refractivity contribution in [3.05, 3.63) is 0 Å². The molecule has 0 aromatic heterocycles. The van der Waals surface area contributed by atoms with Crippen LogP contribution in [0, 0.1) is 11.8 Å². The van der Waals surface area contributed by atoms with Crippen molar-refractivity contribution < 1.29 is 19.5 Å². The average molecular weight is 313 g/mol. The summed E-state index contributed by atoms with van der Waals surface area (Å²) in [4.78, 5) is 36.5. The summed E-state index contributed by atoms with van der Waals surface area (Å²) in [5.41, 5.74) is 0. The minimum absolute atomic E-state index is 0.100. The molecule has 7 heteroatoms. The third kappa shape index (κ3) is 6.32. The van der Waals surface area contributed by atoms with Crippen LogP contribution in [0.2, 0.25) is 0 Å². The molecule has 3 N–H and O–H groups in total. The Morgan fingerprint density at radius 1 is 1.27 bits per heavy atom. The molecule has 2 unspecified atom stereocenters. The summed E-state index contributed by atoms with van der Waals surface area (Å²) >= 11 is 0. The number of hydrogen-bond donors (Lipinski definition) is 3. The van der Waals surface area contributed by atoms with Crippen LogP contribution in [0.25, 0.3) is 0 Å². The van der Waals surface area contributed by atoms with Gasteiger partial charge in [0.1, 0.15) is 0 Å². The summed E-state index contributed by atoms with van der Waals surface area (Å²) in [6.07, 6.45) is 1.40. The van der Waals surface area contributed by atoms with Gasteiger partial charge < -0.3 is 20.6 Å². The first-order chi connectivity index (χ1) is 10.3. The maximum absolute atomic E-state index is 12.2. The number of amides is 3. The van der Waals surface area contributed by atoms with Crippen LogP contribution < -0.4 is 10.6 Å². The van der Waals surface area contributed by atoms with E-state index in [1.807, 2.05) is 13.8 Å². The van der Waals surface area contributed by atoms with E-state index in [1.165, 1.54) is 0 Å². The first-order valence-corrected chi connectivity index (χ1v) is 7.84. The smallest absolute Gasteiger partial charge is 0.317 e. The number of nitrogens with zero attached hydrogens (tertiary/aromatic N) is 1. The molecular weight excluding hydrogens is 286 g/mol. The second kappa shape index (κ2) is 8.60. The number of hydrogen-bond acceptors (Lipinski definition) is 3. The molecular formula is C15H27N3O4. The van der Waals surface area contributed by atoms with Crippen LogP contribution >= 0.6 is 0 Å². The molecule has 2 atom stereocenters.